The van der Waals surface area contributed by atoms with E-state index in [0.717, 1.165) is 24.2 Å². The number of nitrogens with zero attached hydrogens (tertiary/aromatic N) is 2. The molecule has 0 aliphatic heterocycles. The van der Waals surface area contributed by atoms with E-state index < -0.39 is 0 Å². The molecule has 0 N–H and O–H groups in total. The van der Waals surface area contributed by atoms with E-state index in [9.17, 15) is 0 Å². The van der Waals surface area contributed by atoms with E-state index in [1.165, 1.54) is 11.1 Å². The van der Waals surface area contributed by atoms with Crippen LogP contribution in [0.25, 0.3) is 11.0 Å². The van der Waals surface area contributed by atoms with E-state index >= 15 is 0 Å². The molecule has 19 heavy (non-hydrogen) atoms. The number of hydrogen-bond acceptors (Lipinski definition) is 1. The van der Waals surface area contributed by atoms with Gasteiger partial charge < -0.3 is 4.57 Å². The zero-order valence-electron chi connectivity index (χ0n) is 12.3. The van der Waals surface area contributed by atoms with Crippen LogP contribution >= 0.6 is 11.6 Å². The van der Waals surface area contributed by atoms with Crippen LogP contribution in [0.1, 0.15) is 44.6 Å². The standard InChI is InChI=1S/C16H23ClN2/c1-11(2)10-13(4)19-14-7-5-6-12(3)16(14)18-15(19)8-9-17/h5-7,11,13H,8-10H2,1-4H3. The second-order valence-corrected chi connectivity index (χ2v) is 6.14. The third kappa shape index (κ3) is 2.94. The lowest BCUT2D eigenvalue weighted by molar-refractivity contribution is 0.426. The van der Waals surface area contributed by atoms with Crippen molar-refractivity contribution in [2.75, 3.05) is 5.88 Å². The third-order valence-corrected chi connectivity index (χ3v) is 3.76. The molecule has 2 rings (SSSR count). The van der Waals surface area contributed by atoms with Gasteiger partial charge in [-0.15, -0.1) is 11.6 Å². The highest BCUT2D eigenvalue weighted by Gasteiger charge is 2.17. The summed E-state index contributed by atoms with van der Waals surface area (Å²) in [5.41, 5.74) is 3.61. The molecule has 1 unspecified atom stereocenters. The van der Waals surface area contributed by atoms with Crippen molar-refractivity contribution >= 4 is 22.6 Å². The topological polar surface area (TPSA) is 17.8 Å². The molecule has 1 aromatic heterocycles. The Bertz CT molecular complexity index is 557. The average Bonchev–Trinajstić information content (AvgIpc) is 2.68. The lowest BCUT2D eigenvalue weighted by atomic mass is 10.0. The van der Waals surface area contributed by atoms with Crippen molar-refractivity contribution in [3.63, 3.8) is 0 Å². The summed E-state index contributed by atoms with van der Waals surface area (Å²) in [6.07, 6.45) is 1.99. The van der Waals surface area contributed by atoms with E-state index in [1.807, 2.05) is 0 Å². The zero-order valence-corrected chi connectivity index (χ0v) is 13.0. The van der Waals surface area contributed by atoms with E-state index in [-0.39, 0.29) is 0 Å². The van der Waals surface area contributed by atoms with Gasteiger partial charge in [0.2, 0.25) is 0 Å². The molecule has 3 heteroatoms. The third-order valence-electron chi connectivity index (χ3n) is 3.57. The largest absolute Gasteiger partial charge is 0.325 e. The highest BCUT2D eigenvalue weighted by molar-refractivity contribution is 6.17. The van der Waals surface area contributed by atoms with Crippen molar-refractivity contribution in [1.29, 1.82) is 0 Å². The Morgan fingerprint density at radius 2 is 2.00 bits per heavy atom. The number of aromatic nitrogens is 2. The molecule has 2 nitrogen and oxygen atoms in total. The first kappa shape index (κ1) is 14.4. The first-order valence-corrected chi connectivity index (χ1v) is 7.60. The molecule has 0 bridgehead atoms. The van der Waals surface area contributed by atoms with Crippen LogP contribution in [0.15, 0.2) is 18.2 Å². The van der Waals surface area contributed by atoms with Gasteiger partial charge in [-0.3, -0.25) is 0 Å². The van der Waals surface area contributed by atoms with Crippen molar-refractivity contribution in [1.82, 2.24) is 9.55 Å². The second kappa shape index (κ2) is 5.96. The summed E-state index contributed by atoms with van der Waals surface area (Å²) in [5.74, 6) is 2.42. The summed E-state index contributed by atoms with van der Waals surface area (Å²) in [6.45, 7) is 8.93. The van der Waals surface area contributed by atoms with E-state index in [1.54, 1.807) is 0 Å². The monoisotopic (exact) mass is 278 g/mol. The fourth-order valence-corrected chi connectivity index (χ4v) is 3.01. The summed E-state index contributed by atoms with van der Waals surface area (Å²) >= 11 is 5.93. The van der Waals surface area contributed by atoms with E-state index in [4.69, 9.17) is 16.6 Å². The van der Waals surface area contributed by atoms with E-state index in [2.05, 4.69) is 50.5 Å². The number of rotatable bonds is 5. The first-order valence-electron chi connectivity index (χ1n) is 7.07. The lowest BCUT2D eigenvalue weighted by Crippen LogP contribution is -2.12. The van der Waals surface area contributed by atoms with Crippen LogP contribution < -0.4 is 0 Å². The van der Waals surface area contributed by atoms with Crippen molar-refractivity contribution in [2.24, 2.45) is 5.92 Å². The quantitative estimate of drug-likeness (QED) is 0.723. The van der Waals surface area contributed by atoms with Crippen LogP contribution in [0.3, 0.4) is 0 Å². The maximum atomic E-state index is 5.93. The molecule has 2 aromatic rings. The minimum absolute atomic E-state index is 0.463. The molecular formula is C16H23ClN2. The van der Waals surface area contributed by atoms with Crippen LogP contribution in [0.5, 0.6) is 0 Å². The Labute approximate surface area is 120 Å². The van der Waals surface area contributed by atoms with Gasteiger partial charge in [-0.2, -0.15) is 0 Å². The molecule has 0 amide bonds. The Morgan fingerprint density at radius 1 is 1.26 bits per heavy atom. The first-order chi connectivity index (χ1) is 9.04. The molecule has 0 aliphatic rings. The normalized spacial score (nSPS) is 13.4. The maximum Gasteiger partial charge on any atom is 0.111 e. The number of aryl methyl sites for hydroxylation is 2. The van der Waals surface area contributed by atoms with Gasteiger partial charge in [-0.05, 0) is 37.8 Å². The van der Waals surface area contributed by atoms with Gasteiger partial charge in [0.25, 0.3) is 0 Å². The fraction of sp³-hybridized carbons (Fsp3) is 0.562. The molecule has 0 fully saturated rings. The highest BCUT2D eigenvalue weighted by Crippen LogP contribution is 2.27. The lowest BCUT2D eigenvalue weighted by Gasteiger charge is -2.19. The van der Waals surface area contributed by atoms with Crippen LogP contribution in [0.4, 0.5) is 0 Å². The molecule has 0 radical (unpaired) electrons. The molecule has 1 aromatic carbocycles. The van der Waals surface area contributed by atoms with Crippen molar-refractivity contribution in [3.8, 4) is 0 Å². The SMILES string of the molecule is Cc1cccc2c1nc(CCCl)n2C(C)CC(C)C. The Morgan fingerprint density at radius 3 is 2.63 bits per heavy atom. The molecule has 1 heterocycles. The highest BCUT2D eigenvalue weighted by atomic mass is 35.5. The molecule has 1 atom stereocenters. The Hall–Kier alpha value is -1.02. The summed E-state index contributed by atoms with van der Waals surface area (Å²) in [4.78, 5) is 4.81. The predicted octanol–water partition coefficient (Wildman–Crippen LogP) is 4.73. The number of benzene rings is 1. The average molecular weight is 279 g/mol. The number of hydrogen-bond donors (Lipinski definition) is 0. The maximum absolute atomic E-state index is 5.93. The molecule has 0 spiro atoms. The van der Waals surface area contributed by atoms with Crippen molar-refractivity contribution in [2.45, 2.75) is 46.6 Å². The van der Waals surface area contributed by atoms with Crippen molar-refractivity contribution < 1.29 is 0 Å². The van der Waals surface area contributed by atoms with Gasteiger partial charge in [0.1, 0.15) is 5.82 Å². The van der Waals surface area contributed by atoms with Crippen LogP contribution in [-0.4, -0.2) is 15.4 Å². The molecule has 0 aliphatic carbocycles. The summed E-state index contributed by atoms with van der Waals surface area (Å²) in [7, 11) is 0. The van der Waals surface area contributed by atoms with Crippen LogP contribution in [0.2, 0.25) is 0 Å². The van der Waals surface area contributed by atoms with Gasteiger partial charge in [-0.25, -0.2) is 4.98 Å². The van der Waals surface area contributed by atoms with Crippen molar-refractivity contribution in [3.05, 3.63) is 29.6 Å². The summed E-state index contributed by atoms with van der Waals surface area (Å²) < 4.78 is 2.38. The van der Waals surface area contributed by atoms with Gasteiger partial charge in [-0.1, -0.05) is 26.0 Å². The number of imidazole rings is 1. The smallest absolute Gasteiger partial charge is 0.111 e. The zero-order chi connectivity index (χ0) is 14.0. The van der Waals surface area contributed by atoms with Gasteiger partial charge >= 0.3 is 0 Å². The van der Waals surface area contributed by atoms with Gasteiger partial charge in [0.15, 0.2) is 0 Å². The molecule has 0 saturated heterocycles. The molecule has 0 saturated carbocycles. The summed E-state index contributed by atoms with van der Waals surface area (Å²) in [5, 5.41) is 0. The number of alkyl halides is 1. The number of halogens is 1. The van der Waals surface area contributed by atoms with E-state index in [0.29, 0.717) is 17.8 Å². The van der Waals surface area contributed by atoms with Gasteiger partial charge in [0, 0.05) is 18.3 Å². The summed E-state index contributed by atoms with van der Waals surface area (Å²) in [6, 6.07) is 6.87. The number of para-hydroxylation sites is 1. The predicted molar refractivity (Wildman–Crippen MR) is 83.1 cm³/mol. The van der Waals surface area contributed by atoms with Gasteiger partial charge in [0.05, 0.1) is 11.0 Å². The Kier molecular flexibility index (Phi) is 4.51. The molecule has 104 valence electrons. The Balaban J connectivity index is 2.55. The minimum Gasteiger partial charge on any atom is -0.325 e. The minimum atomic E-state index is 0.463. The second-order valence-electron chi connectivity index (χ2n) is 5.76. The van der Waals surface area contributed by atoms with Crippen LogP contribution in [0, 0.1) is 12.8 Å². The number of fused-ring (bicyclic) bond motifs is 1. The van der Waals surface area contributed by atoms with Crippen LogP contribution in [-0.2, 0) is 6.42 Å². The fourth-order valence-electron chi connectivity index (χ4n) is 2.85. The molecular weight excluding hydrogens is 256 g/mol.